The highest BCUT2D eigenvalue weighted by molar-refractivity contribution is 6.32. The molecule has 1 aromatic carbocycles. The first kappa shape index (κ1) is 10.2. The first-order valence-electron chi connectivity index (χ1n) is 4.03. The van der Waals surface area contributed by atoms with Gasteiger partial charge >= 0.3 is 0 Å². The summed E-state index contributed by atoms with van der Waals surface area (Å²) in [5.41, 5.74) is 6.15. The van der Waals surface area contributed by atoms with Crippen LogP contribution in [0.1, 0.15) is 6.42 Å². The van der Waals surface area contributed by atoms with Gasteiger partial charge in [0.05, 0.1) is 17.3 Å². The quantitative estimate of drug-likeness (QED) is 0.576. The molecule has 0 aliphatic heterocycles. The molecule has 4 heteroatoms. The normalized spacial score (nSPS) is 10.0. The zero-order chi connectivity index (χ0) is 9.68. The van der Waals surface area contributed by atoms with Gasteiger partial charge in [-0.1, -0.05) is 17.7 Å². The van der Waals surface area contributed by atoms with E-state index < -0.39 is 0 Å². The molecule has 0 saturated heterocycles. The maximum absolute atomic E-state index is 8.54. The van der Waals surface area contributed by atoms with E-state index in [1.165, 1.54) is 0 Å². The van der Waals surface area contributed by atoms with Gasteiger partial charge in [-0.15, -0.1) is 0 Å². The van der Waals surface area contributed by atoms with Gasteiger partial charge in [0, 0.05) is 13.0 Å². The average molecular weight is 202 g/mol. The zero-order valence-electron chi connectivity index (χ0n) is 7.16. The van der Waals surface area contributed by atoms with Crippen LogP contribution in [-0.4, -0.2) is 18.3 Å². The van der Waals surface area contributed by atoms with Crippen LogP contribution in [0.3, 0.4) is 0 Å². The maximum Gasteiger partial charge on any atom is 0.160 e. The van der Waals surface area contributed by atoms with Crippen molar-refractivity contribution in [2.24, 2.45) is 0 Å². The maximum atomic E-state index is 8.54. The van der Waals surface area contributed by atoms with Crippen molar-refractivity contribution >= 4 is 17.3 Å². The third-order valence-corrected chi connectivity index (χ3v) is 1.84. The number of benzene rings is 1. The van der Waals surface area contributed by atoms with E-state index in [0.717, 1.165) is 0 Å². The van der Waals surface area contributed by atoms with E-state index in [2.05, 4.69) is 0 Å². The van der Waals surface area contributed by atoms with Gasteiger partial charge in [-0.25, -0.2) is 0 Å². The molecule has 0 fully saturated rings. The van der Waals surface area contributed by atoms with Gasteiger partial charge in [0.2, 0.25) is 0 Å². The van der Waals surface area contributed by atoms with E-state index in [0.29, 0.717) is 29.5 Å². The summed E-state index contributed by atoms with van der Waals surface area (Å²) in [5, 5.41) is 9.04. The van der Waals surface area contributed by atoms with Crippen molar-refractivity contribution in [1.29, 1.82) is 0 Å². The molecular weight excluding hydrogens is 190 g/mol. The number of rotatable bonds is 4. The van der Waals surface area contributed by atoms with Crippen molar-refractivity contribution in [2.75, 3.05) is 18.9 Å². The smallest absolute Gasteiger partial charge is 0.160 e. The second-order valence-corrected chi connectivity index (χ2v) is 2.99. The number of aliphatic hydroxyl groups is 1. The molecule has 0 unspecified atom stereocenters. The molecule has 13 heavy (non-hydrogen) atoms. The molecule has 0 aliphatic carbocycles. The molecule has 0 aromatic heterocycles. The number of halogens is 1. The first-order chi connectivity index (χ1) is 6.25. The molecule has 0 bridgehead atoms. The zero-order valence-corrected chi connectivity index (χ0v) is 7.92. The molecule has 0 heterocycles. The molecule has 1 aromatic rings. The Morgan fingerprint density at radius 1 is 1.46 bits per heavy atom. The van der Waals surface area contributed by atoms with Gasteiger partial charge < -0.3 is 15.6 Å². The number of nitrogens with two attached hydrogens (primary N) is 1. The second-order valence-electron chi connectivity index (χ2n) is 2.58. The Kier molecular flexibility index (Phi) is 3.86. The fraction of sp³-hybridized carbons (Fsp3) is 0.333. The molecule has 1 rings (SSSR count). The minimum absolute atomic E-state index is 0.102. The van der Waals surface area contributed by atoms with Crippen LogP contribution < -0.4 is 10.5 Å². The van der Waals surface area contributed by atoms with E-state index in [1.807, 2.05) is 0 Å². The topological polar surface area (TPSA) is 55.5 Å². The van der Waals surface area contributed by atoms with Crippen LogP contribution in [0.4, 0.5) is 5.69 Å². The highest BCUT2D eigenvalue weighted by Gasteiger charge is 2.04. The van der Waals surface area contributed by atoms with Gasteiger partial charge in [-0.3, -0.25) is 0 Å². The van der Waals surface area contributed by atoms with Gasteiger partial charge in [0.15, 0.2) is 5.75 Å². The van der Waals surface area contributed by atoms with Crippen LogP contribution in [0.15, 0.2) is 18.2 Å². The minimum Gasteiger partial charge on any atom is -0.490 e. The van der Waals surface area contributed by atoms with Crippen LogP contribution in [-0.2, 0) is 0 Å². The predicted molar refractivity (Wildman–Crippen MR) is 53.1 cm³/mol. The summed E-state index contributed by atoms with van der Waals surface area (Å²) in [7, 11) is 0. The lowest BCUT2D eigenvalue weighted by atomic mass is 10.3. The molecule has 0 amide bonds. The van der Waals surface area contributed by atoms with Crippen molar-refractivity contribution in [3.05, 3.63) is 23.2 Å². The monoisotopic (exact) mass is 201 g/mol. The molecule has 3 nitrogen and oxygen atoms in total. The third-order valence-electron chi connectivity index (χ3n) is 1.55. The van der Waals surface area contributed by atoms with Crippen molar-refractivity contribution in [3.8, 4) is 5.75 Å². The largest absolute Gasteiger partial charge is 0.490 e. The molecule has 0 radical (unpaired) electrons. The standard InChI is InChI=1S/C9H12ClNO2/c10-7-3-1-4-8(11)9(7)13-6-2-5-12/h1,3-4,12H,2,5-6,11H2. The number of aliphatic hydroxyl groups excluding tert-OH is 1. The summed E-state index contributed by atoms with van der Waals surface area (Å²) >= 11 is 5.84. The van der Waals surface area contributed by atoms with E-state index in [-0.39, 0.29) is 6.61 Å². The second kappa shape index (κ2) is 4.94. The van der Waals surface area contributed by atoms with E-state index >= 15 is 0 Å². The number of nitrogen functional groups attached to an aromatic ring is 1. The van der Waals surface area contributed by atoms with E-state index in [1.54, 1.807) is 18.2 Å². The Labute approximate surface area is 82.1 Å². The molecule has 0 atom stereocenters. The predicted octanol–water partition coefficient (Wildman–Crippen LogP) is 1.68. The van der Waals surface area contributed by atoms with E-state index in [9.17, 15) is 0 Å². The SMILES string of the molecule is Nc1cccc(Cl)c1OCCCO. The van der Waals surface area contributed by atoms with Gasteiger partial charge in [0.25, 0.3) is 0 Å². The summed E-state index contributed by atoms with van der Waals surface area (Å²) in [6, 6.07) is 5.20. The molecule has 0 aliphatic rings. The molecule has 0 spiro atoms. The summed E-state index contributed by atoms with van der Waals surface area (Å²) in [4.78, 5) is 0. The Balaban J connectivity index is 2.64. The summed E-state index contributed by atoms with van der Waals surface area (Å²) < 4.78 is 5.29. The third kappa shape index (κ3) is 2.79. The van der Waals surface area contributed by atoms with Crippen LogP contribution in [0.5, 0.6) is 5.75 Å². The van der Waals surface area contributed by atoms with Crippen molar-refractivity contribution in [3.63, 3.8) is 0 Å². The number of hydrogen-bond donors (Lipinski definition) is 2. The number of hydrogen-bond acceptors (Lipinski definition) is 3. The van der Waals surface area contributed by atoms with Crippen molar-refractivity contribution in [2.45, 2.75) is 6.42 Å². The number of para-hydroxylation sites is 1. The van der Waals surface area contributed by atoms with E-state index in [4.69, 9.17) is 27.2 Å². The lowest BCUT2D eigenvalue weighted by Crippen LogP contribution is -2.02. The highest BCUT2D eigenvalue weighted by Crippen LogP contribution is 2.30. The summed E-state index contributed by atoms with van der Waals surface area (Å²) in [6.07, 6.45) is 0.574. The molecular formula is C9H12ClNO2. The van der Waals surface area contributed by atoms with Crippen LogP contribution in [0, 0.1) is 0 Å². The Bertz CT molecular complexity index is 258. The minimum atomic E-state index is 0.102. The molecule has 72 valence electrons. The Morgan fingerprint density at radius 3 is 2.85 bits per heavy atom. The first-order valence-corrected chi connectivity index (χ1v) is 4.41. The summed E-state index contributed by atoms with van der Waals surface area (Å²) in [5.74, 6) is 0.498. The van der Waals surface area contributed by atoms with Gasteiger partial charge in [-0.2, -0.15) is 0 Å². The van der Waals surface area contributed by atoms with Crippen molar-refractivity contribution in [1.82, 2.24) is 0 Å². The summed E-state index contributed by atoms with van der Waals surface area (Å²) in [6.45, 7) is 0.523. The molecule has 3 N–H and O–H groups in total. The fourth-order valence-corrected chi connectivity index (χ4v) is 1.15. The number of anilines is 1. The fourth-order valence-electron chi connectivity index (χ4n) is 0.917. The lowest BCUT2D eigenvalue weighted by molar-refractivity contribution is 0.234. The molecule has 0 saturated carbocycles. The Morgan fingerprint density at radius 2 is 2.23 bits per heavy atom. The van der Waals surface area contributed by atoms with Gasteiger partial charge in [0.1, 0.15) is 0 Å². The van der Waals surface area contributed by atoms with Crippen molar-refractivity contribution < 1.29 is 9.84 Å². The number of ether oxygens (including phenoxy) is 1. The Hall–Kier alpha value is -0.930. The average Bonchev–Trinajstić information content (AvgIpc) is 2.10. The van der Waals surface area contributed by atoms with Crippen LogP contribution in [0.25, 0.3) is 0 Å². The lowest BCUT2D eigenvalue weighted by Gasteiger charge is -2.09. The van der Waals surface area contributed by atoms with Gasteiger partial charge in [-0.05, 0) is 12.1 Å². The van der Waals surface area contributed by atoms with Crippen LogP contribution >= 0.6 is 11.6 Å². The highest BCUT2D eigenvalue weighted by atomic mass is 35.5. The van der Waals surface area contributed by atoms with Crippen LogP contribution in [0.2, 0.25) is 5.02 Å².